The van der Waals surface area contributed by atoms with Gasteiger partial charge in [-0.2, -0.15) is 0 Å². The standard InChI is InChI=1S/C14H20N4/c1-10-17-13-3-2-11(6-14(13)18-10)7-16-9-12-4-5-15-8-12/h2-3,6,12,15-16H,4-5,7-9H2,1H3,(H,17,18). The van der Waals surface area contributed by atoms with E-state index in [1.54, 1.807) is 0 Å². The van der Waals surface area contributed by atoms with Crippen LogP contribution in [0.4, 0.5) is 0 Å². The monoisotopic (exact) mass is 244 g/mol. The van der Waals surface area contributed by atoms with Gasteiger partial charge < -0.3 is 15.6 Å². The summed E-state index contributed by atoms with van der Waals surface area (Å²) in [5.41, 5.74) is 3.50. The van der Waals surface area contributed by atoms with Crippen molar-refractivity contribution in [1.82, 2.24) is 20.6 Å². The largest absolute Gasteiger partial charge is 0.342 e. The second kappa shape index (κ2) is 5.08. The van der Waals surface area contributed by atoms with E-state index in [1.165, 1.54) is 18.5 Å². The molecule has 1 aromatic carbocycles. The van der Waals surface area contributed by atoms with Gasteiger partial charge in [0.05, 0.1) is 11.0 Å². The molecule has 1 aromatic heterocycles. The Labute approximate surface area is 107 Å². The number of aromatic amines is 1. The number of hydrogen-bond acceptors (Lipinski definition) is 3. The highest BCUT2D eigenvalue weighted by Gasteiger charge is 2.13. The van der Waals surface area contributed by atoms with E-state index >= 15 is 0 Å². The smallest absolute Gasteiger partial charge is 0.104 e. The Hall–Kier alpha value is -1.39. The zero-order valence-corrected chi connectivity index (χ0v) is 10.8. The Balaban J connectivity index is 1.59. The predicted molar refractivity (Wildman–Crippen MR) is 73.5 cm³/mol. The lowest BCUT2D eigenvalue weighted by atomic mass is 10.1. The van der Waals surface area contributed by atoms with Crippen molar-refractivity contribution in [2.45, 2.75) is 19.9 Å². The third-order valence-corrected chi connectivity index (χ3v) is 3.59. The quantitative estimate of drug-likeness (QED) is 0.765. The topological polar surface area (TPSA) is 52.7 Å². The number of hydrogen-bond donors (Lipinski definition) is 3. The molecular weight excluding hydrogens is 224 g/mol. The van der Waals surface area contributed by atoms with E-state index in [1.807, 2.05) is 6.92 Å². The van der Waals surface area contributed by atoms with E-state index in [4.69, 9.17) is 0 Å². The Bertz CT molecular complexity index is 526. The van der Waals surface area contributed by atoms with Crippen LogP contribution < -0.4 is 10.6 Å². The summed E-state index contributed by atoms with van der Waals surface area (Å²) in [6.07, 6.45) is 1.30. The zero-order chi connectivity index (χ0) is 12.4. The average Bonchev–Trinajstić information content (AvgIpc) is 2.96. The highest BCUT2D eigenvalue weighted by atomic mass is 14.9. The van der Waals surface area contributed by atoms with Crippen LogP contribution in [0.15, 0.2) is 18.2 Å². The van der Waals surface area contributed by atoms with E-state index in [0.29, 0.717) is 0 Å². The number of H-pyrrole nitrogens is 1. The normalized spacial score (nSPS) is 19.7. The summed E-state index contributed by atoms with van der Waals surface area (Å²) < 4.78 is 0. The fraction of sp³-hybridized carbons (Fsp3) is 0.500. The Morgan fingerprint density at radius 1 is 1.44 bits per heavy atom. The SMILES string of the molecule is Cc1nc2ccc(CNCC3CCNC3)cc2[nH]1. The molecule has 2 heterocycles. The first-order chi connectivity index (χ1) is 8.81. The van der Waals surface area contributed by atoms with Gasteiger partial charge in [0.2, 0.25) is 0 Å². The van der Waals surface area contributed by atoms with E-state index in [9.17, 15) is 0 Å². The van der Waals surface area contributed by atoms with Crippen LogP contribution in [0.25, 0.3) is 11.0 Å². The summed E-state index contributed by atoms with van der Waals surface area (Å²) in [5.74, 6) is 1.77. The molecule has 1 aliphatic heterocycles. The number of nitrogens with zero attached hydrogens (tertiary/aromatic N) is 1. The fourth-order valence-corrected chi connectivity index (χ4v) is 2.60. The van der Waals surface area contributed by atoms with Crippen molar-refractivity contribution in [2.75, 3.05) is 19.6 Å². The van der Waals surface area contributed by atoms with E-state index in [0.717, 1.165) is 42.4 Å². The highest BCUT2D eigenvalue weighted by molar-refractivity contribution is 5.75. The zero-order valence-electron chi connectivity index (χ0n) is 10.8. The Morgan fingerprint density at radius 2 is 2.39 bits per heavy atom. The summed E-state index contributed by atoms with van der Waals surface area (Å²) in [6, 6.07) is 6.44. The van der Waals surface area contributed by atoms with Gasteiger partial charge in [-0.25, -0.2) is 4.98 Å². The highest BCUT2D eigenvalue weighted by Crippen LogP contribution is 2.13. The number of nitrogens with one attached hydrogen (secondary N) is 3. The van der Waals surface area contributed by atoms with Crippen LogP contribution in [0.5, 0.6) is 0 Å². The number of imidazole rings is 1. The second-order valence-corrected chi connectivity index (χ2v) is 5.16. The minimum absolute atomic E-state index is 0.795. The van der Waals surface area contributed by atoms with Gasteiger partial charge in [-0.3, -0.25) is 0 Å². The van der Waals surface area contributed by atoms with Crippen molar-refractivity contribution in [3.05, 3.63) is 29.6 Å². The number of fused-ring (bicyclic) bond motifs is 1. The minimum Gasteiger partial charge on any atom is -0.342 e. The first kappa shape index (κ1) is 11.7. The lowest BCUT2D eigenvalue weighted by Crippen LogP contribution is -2.23. The number of benzene rings is 1. The molecule has 0 radical (unpaired) electrons. The van der Waals surface area contributed by atoms with Crippen LogP contribution in [0.2, 0.25) is 0 Å². The fourth-order valence-electron chi connectivity index (χ4n) is 2.60. The van der Waals surface area contributed by atoms with Gasteiger partial charge >= 0.3 is 0 Å². The van der Waals surface area contributed by atoms with Crippen LogP contribution in [-0.2, 0) is 6.54 Å². The van der Waals surface area contributed by atoms with Crippen molar-refractivity contribution >= 4 is 11.0 Å². The Kier molecular flexibility index (Phi) is 3.30. The molecule has 1 aliphatic rings. The number of rotatable bonds is 4. The third kappa shape index (κ3) is 2.54. The van der Waals surface area contributed by atoms with Gasteiger partial charge in [0, 0.05) is 6.54 Å². The molecule has 0 bridgehead atoms. The summed E-state index contributed by atoms with van der Waals surface area (Å²) in [5, 5.41) is 6.94. The second-order valence-electron chi connectivity index (χ2n) is 5.16. The van der Waals surface area contributed by atoms with Crippen LogP contribution in [0, 0.1) is 12.8 Å². The maximum atomic E-state index is 4.41. The van der Waals surface area contributed by atoms with Crippen LogP contribution in [0.1, 0.15) is 17.8 Å². The molecule has 3 rings (SSSR count). The average molecular weight is 244 g/mol. The summed E-state index contributed by atoms with van der Waals surface area (Å²) in [7, 11) is 0. The summed E-state index contributed by atoms with van der Waals surface area (Å²) >= 11 is 0. The third-order valence-electron chi connectivity index (χ3n) is 3.59. The molecule has 2 aromatic rings. The van der Waals surface area contributed by atoms with E-state index in [2.05, 4.69) is 38.8 Å². The predicted octanol–water partition coefficient (Wildman–Crippen LogP) is 1.57. The summed E-state index contributed by atoms with van der Waals surface area (Å²) in [4.78, 5) is 7.69. The lowest BCUT2D eigenvalue weighted by molar-refractivity contribution is 0.513. The Morgan fingerprint density at radius 3 is 3.22 bits per heavy atom. The molecule has 18 heavy (non-hydrogen) atoms. The first-order valence-electron chi connectivity index (χ1n) is 6.68. The minimum atomic E-state index is 0.795. The number of aryl methyl sites for hydroxylation is 1. The van der Waals surface area contributed by atoms with E-state index in [-0.39, 0.29) is 0 Å². The maximum absolute atomic E-state index is 4.41. The van der Waals surface area contributed by atoms with Gasteiger partial charge in [-0.15, -0.1) is 0 Å². The molecule has 96 valence electrons. The van der Waals surface area contributed by atoms with Gasteiger partial charge in [0.25, 0.3) is 0 Å². The number of aromatic nitrogens is 2. The molecule has 0 spiro atoms. The maximum Gasteiger partial charge on any atom is 0.104 e. The van der Waals surface area contributed by atoms with Crippen LogP contribution in [-0.4, -0.2) is 29.6 Å². The molecule has 0 amide bonds. The van der Waals surface area contributed by atoms with Crippen molar-refractivity contribution in [2.24, 2.45) is 5.92 Å². The van der Waals surface area contributed by atoms with Crippen LogP contribution in [0.3, 0.4) is 0 Å². The molecule has 3 N–H and O–H groups in total. The molecule has 1 fully saturated rings. The molecular formula is C14H20N4. The molecule has 1 atom stereocenters. The van der Waals surface area contributed by atoms with Gasteiger partial charge in [-0.05, 0) is 56.6 Å². The van der Waals surface area contributed by atoms with Gasteiger partial charge in [-0.1, -0.05) is 6.07 Å². The van der Waals surface area contributed by atoms with Crippen molar-refractivity contribution in [1.29, 1.82) is 0 Å². The van der Waals surface area contributed by atoms with Crippen molar-refractivity contribution in [3.8, 4) is 0 Å². The molecule has 4 nitrogen and oxygen atoms in total. The van der Waals surface area contributed by atoms with Crippen LogP contribution >= 0.6 is 0 Å². The summed E-state index contributed by atoms with van der Waals surface area (Å²) in [6.45, 7) is 6.36. The molecule has 1 unspecified atom stereocenters. The molecule has 1 saturated heterocycles. The van der Waals surface area contributed by atoms with Gasteiger partial charge in [0.1, 0.15) is 5.82 Å². The van der Waals surface area contributed by atoms with Crippen molar-refractivity contribution in [3.63, 3.8) is 0 Å². The molecule has 0 saturated carbocycles. The van der Waals surface area contributed by atoms with E-state index < -0.39 is 0 Å². The lowest BCUT2D eigenvalue weighted by Gasteiger charge is -2.09. The first-order valence-corrected chi connectivity index (χ1v) is 6.68. The van der Waals surface area contributed by atoms with Gasteiger partial charge in [0.15, 0.2) is 0 Å². The van der Waals surface area contributed by atoms with Crippen molar-refractivity contribution < 1.29 is 0 Å². The molecule has 4 heteroatoms. The molecule has 0 aliphatic carbocycles.